The van der Waals surface area contributed by atoms with Gasteiger partial charge in [-0.3, -0.25) is 0 Å². The third kappa shape index (κ3) is 3.73. The third-order valence-electron chi connectivity index (χ3n) is 2.51. The quantitative estimate of drug-likeness (QED) is 0.736. The van der Waals surface area contributed by atoms with Crippen molar-refractivity contribution in [2.75, 3.05) is 0 Å². The Kier molecular flexibility index (Phi) is 4.47. The predicted octanol–water partition coefficient (Wildman–Crippen LogP) is 4.68. The van der Waals surface area contributed by atoms with E-state index in [-0.39, 0.29) is 0 Å². The van der Waals surface area contributed by atoms with Gasteiger partial charge in [0.25, 0.3) is 0 Å². The van der Waals surface area contributed by atoms with E-state index < -0.39 is 23.3 Å². The van der Waals surface area contributed by atoms with Crippen LogP contribution in [0, 0.1) is 23.3 Å². The summed E-state index contributed by atoms with van der Waals surface area (Å²) in [6.07, 6.45) is 0. The van der Waals surface area contributed by atoms with Crippen LogP contribution in [0.1, 0.15) is 11.1 Å². The predicted molar refractivity (Wildman–Crippen MR) is 67.7 cm³/mol. The van der Waals surface area contributed by atoms with Crippen LogP contribution in [0.25, 0.3) is 0 Å². The van der Waals surface area contributed by atoms with Gasteiger partial charge in [-0.05, 0) is 35.4 Å². The highest BCUT2D eigenvalue weighted by Gasteiger charge is 2.05. The molecule has 2 aromatic carbocycles. The zero-order chi connectivity index (χ0) is 13.8. The summed E-state index contributed by atoms with van der Waals surface area (Å²) in [7, 11) is 0. The third-order valence-corrected chi connectivity index (χ3v) is 3.58. The van der Waals surface area contributed by atoms with Crippen molar-refractivity contribution in [3.8, 4) is 0 Å². The molecule has 0 N–H and O–H groups in total. The maximum atomic E-state index is 13.0. The van der Waals surface area contributed by atoms with Crippen molar-refractivity contribution in [3.05, 3.63) is 70.8 Å². The molecule has 0 amide bonds. The number of benzene rings is 2. The van der Waals surface area contributed by atoms with Crippen molar-refractivity contribution in [2.24, 2.45) is 0 Å². The molecule has 0 radical (unpaired) electrons. The molecule has 0 aromatic heterocycles. The summed E-state index contributed by atoms with van der Waals surface area (Å²) in [4.78, 5) is 0. The van der Waals surface area contributed by atoms with E-state index in [0.717, 1.165) is 24.3 Å². The Labute approximate surface area is 112 Å². The number of hydrogen-bond donors (Lipinski definition) is 0. The first-order valence-corrected chi connectivity index (χ1v) is 6.67. The summed E-state index contributed by atoms with van der Waals surface area (Å²) in [6, 6.07) is 7.40. The lowest BCUT2D eigenvalue weighted by molar-refractivity contribution is 0.507. The van der Waals surface area contributed by atoms with Gasteiger partial charge >= 0.3 is 0 Å². The van der Waals surface area contributed by atoms with Gasteiger partial charge in [0, 0.05) is 11.5 Å². The minimum Gasteiger partial charge on any atom is -0.204 e. The molecule has 0 unspecified atom stereocenters. The summed E-state index contributed by atoms with van der Waals surface area (Å²) in [5.74, 6) is -2.59. The molecule has 0 fully saturated rings. The highest BCUT2D eigenvalue weighted by atomic mass is 32.2. The summed E-state index contributed by atoms with van der Waals surface area (Å²) in [5.41, 5.74) is 1.29. The van der Waals surface area contributed by atoms with Gasteiger partial charge in [0.2, 0.25) is 0 Å². The highest BCUT2D eigenvalue weighted by Crippen LogP contribution is 2.20. The van der Waals surface area contributed by atoms with Crippen molar-refractivity contribution >= 4 is 11.8 Å². The zero-order valence-electron chi connectivity index (χ0n) is 9.80. The SMILES string of the molecule is Fc1ccc(CSCc2ccc(F)c(F)c2)cc1F. The molecule has 0 nitrogen and oxygen atoms in total. The van der Waals surface area contributed by atoms with Crippen LogP contribution in [0.5, 0.6) is 0 Å². The van der Waals surface area contributed by atoms with E-state index >= 15 is 0 Å². The largest absolute Gasteiger partial charge is 0.204 e. The Balaban J connectivity index is 1.92. The van der Waals surface area contributed by atoms with Crippen LogP contribution >= 0.6 is 11.8 Å². The van der Waals surface area contributed by atoms with Crippen LogP contribution in [0.15, 0.2) is 36.4 Å². The first kappa shape index (κ1) is 13.9. The van der Waals surface area contributed by atoms with Crippen LogP contribution < -0.4 is 0 Å². The van der Waals surface area contributed by atoms with Crippen molar-refractivity contribution in [1.82, 2.24) is 0 Å². The molecule has 2 aromatic rings. The molecule has 0 aliphatic rings. The fourth-order valence-corrected chi connectivity index (χ4v) is 2.48. The maximum absolute atomic E-state index is 13.0. The molecule has 0 atom stereocenters. The average Bonchev–Trinajstić information content (AvgIpc) is 2.38. The second-order valence-corrected chi connectivity index (χ2v) is 4.98. The normalized spacial score (nSPS) is 10.7. The summed E-state index contributed by atoms with van der Waals surface area (Å²) in [5, 5.41) is 0. The molecule has 19 heavy (non-hydrogen) atoms. The first-order valence-electron chi connectivity index (χ1n) is 5.52. The van der Waals surface area contributed by atoms with E-state index in [1.807, 2.05) is 0 Å². The second kappa shape index (κ2) is 6.10. The van der Waals surface area contributed by atoms with Crippen molar-refractivity contribution < 1.29 is 17.6 Å². The van der Waals surface area contributed by atoms with Gasteiger partial charge in [-0.1, -0.05) is 12.1 Å². The zero-order valence-corrected chi connectivity index (χ0v) is 10.6. The van der Waals surface area contributed by atoms with E-state index in [2.05, 4.69) is 0 Å². The number of halogens is 4. The fourth-order valence-electron chi connectivity index (χ4n) is 1.55. The van der Waals surface area contributed by atoms with Crippen molar-refractivity contribution in [3.63, 3.8) is 0 Å². The highest BCUT2D eigenvalue weighted by molar-refractivity contribution is 7.97. The van der Waals surface area contributed by atoms with E-state index in [1.165, 1.54) is 23.9 Å². The van der Waals surface area contributed by atoms with Gasteiger partial charge in [0.15, 0.2) is 23.3 Å². The van der Waals surface area contributed by atoms with Crippen LogP contribution in [-0.4, -0.2) is 0 Å². The molecular formula is C14H10F4S. The second-order valence-electron chi connectivity index (χ2n) is 3.99. The molecular weight excluding hydrogens is 276 g/mol. The average molecular weight is 286 g/mol. The van der Waals surface area contributed by atoms with E-state index in [9.17, 15) is 17.6 Å². The number of rotatable bonds is 4. The topological polar surface area (TPSA) is 0 Å². The summed E-state index contributed by atoms with van der Waals surface area (Å²) in [6.45, 7) is 0. The van der Waals surface area contributed by atoms with Gasteiger partial charge in [0.05, 0.1) is 0 Å². The monoisotopic (exact) mass is 286 g/mol. The minimum absolute atomic E-state index is 0.468. The number of thioether (sulfide) groups is 1. The molecule has 5 heteroatoms. The maximum Gasteiger partial charge on any atom is 0.159 e. The number of hydrogen-bond acceptors (Lipinski definition) is 1. The van der Waals surface area contributed by atoms with E-state index in [0.29, 0.717) is 22.6 Å². The lowest BCUT2D eigenvalue weighted by Crippen LogP contribution is -1.90. The Morgan fingerprint density at radius 2 is 1.05 bits per heavy atom. The van der Waals surface area contributed by atoms with Crippen molar-refractivity contribution in [2.45, 2.75) is 11.5 Å². The summed E-state index contributed by atoms with van der Waals surface area (Å²) < 4.78 is 51.3. The lowest BCUT2D eigenvalue weighted by Gasteiger charge is -2.04. The smallest absolute Gasteiger partial charge is 0.159 e. The molecule has 2 rings (SSSR count). The Bertz CT molecular complexity index is 532. The standard InChI is InChI=1S/C14H10F4S/c15-11-3-1-9(5-13(11)17)7-19-8-10-2-4-12(16)14(18)6-10/h1-6H,7-8H2. The molecule has 0 saturated carbocycles. The minimum atomic E-state index is -0.883. The molecule has 100 valence electrons. The van der Waals surface area contributed by atoms with Gasteiger partial charge in [0.1, 0.15) is 0 Å². The first-order chi connectivity index (χ1) is 9.06. The van der Waals surface area contributed by atoms with Gasteiger partial charge < -0.3 is 0 Å². The molecule has 0 spiro atoms. The van der Waals surface area contributed by atoms with Gasteiger partial charge in [-0.2, -0.15) is 11.8 Å². The van der Waals surface area contributed by atoms with Crippen LogP contribution in [0.3, 0.4) is 0 Å². The molecule has 0 heterocycles. The fraction of sp³-hybridized carbons (Fsp3) is 0.143. The Morgan fingerprint density at radius 3 is 1.42 bits per heavy atom. The molecule has 0 aliphatic carbocycles. The molecule has 0 aliphatic heterocycles. The molecule has 0 bridgehead atoms. The van der Waals surface area contributed by atoms with Gasteiger partial charge in [-0.15, -0.1) is 0 Å². The lowest BCUT2D eigenvalue weighted by atomic mass is 10.2. The van der Waals surface area contributed by atoms with Crippen LogP contribution in [0.4, 0.5) is 17.6 Å². The van der Waals surface area contributed by atoms with Crippen LogP contribution in [-0.2, 0) is 11.5 Å². The van der Waals surface area contributed by atoms with E-state index in [1.54, 1.807) is 0 Å². The molecule has 0 saturated heterocycles. The van der Waals surface area contributed by atoms with E-state index in [4.69, 9.17) is 0 Å². The Hall–Kier alpha value is -1.49. The summed E-state index contributed by atoms with van der Waals surface area (Å²) >= 11 is 1.41. The Morgan fingerprint density at radius 1 is 0.632 bits per heavy atom. The van der Waals surface area contributed by atoms with Crippen LogP contribution in [0.2, 0.25) is 0 Å². The van der Waals surface area contributed by atoms with Gasteiger partial charge in [-0.25, -0.2) is 17.6 Å². The van der Waals surface area contributed by atoms with Crippen molar-refractivity contribution in [1.29, 1.82) is 0 Å².